The van der Waals surface area contributed by atoms with Crippen LogP contribution < -0.4 is 14.4 Å². The summed E-state index contributed by atoms with van der Waals surface area (Å²) in [5.41, 5.74) is 2.57. The summed E-state index contributed by atoms with van der Waals surface area (Å²) in [6.07, 6.45) is 3.28. The molecule has 1 aromatic carbocycles. The Balaban J connectivity index is 1.62. The van der Waals surface area contributed by atoms with Crippen molar-refractivity contribution in [1.29, 1.82) is 0 Å². The summed E-state index contributed by atoms with van der Waals surface area (Å²) in [5.74, 6) is 3.95. The van der Waals surface area contributed by atoms with E-state index < -0.39 is 0 Å². The fraction of sp³-hybridized carbons (Fsp3) is 0.500. The van der Waals surface area contributed by atoms with Gasteiger partial charge in [0.05, 0.1) is 13.2 Å². The van der Waals surface area contributed by atoms with Gasteiger partial charge in [0.1, 0.15) is 16.8 Å². The molecule has 1 aromatic heterocycles. The highest BCUT2D eigenvalue weighted by Gasteiger charge is 2.28. The summed E-state index contributed by atoms with van der Waals surface area (Å²) in [7, 11) is 0. The number of anilines is 1. The standard InChI is InChI=1S/C20H24ClN3O2/c1-3-25-16-9-14-7-8-24(12-15(14)10-17(16)26-4-2)19-11-18(21)22-20(23-19)13-5-6-13/h9-11,13H,3-8,12H2,1-2H3. The summed E-state index contributed by atoms with van der Waals surface area (Å²) in [4.78, 5) is 11.4. The van der Waals surface area contributed by atoms with Crippen molar-refractivity contribution in [2.45, 2.75) is 45.6 Å². The molecule has 1 saturated carbocycles. The highest BCUT2D eigenvalue weighted by molar-refractivity contribution is 6.29. The Morgan fingerprint density at radius 3 is 2.38 bits per heavy atom. The third kappa shape index (κ3) is 3.58. The maximum Gasteiger partial charge on any atom is 0.161 e. The predicted octanol–water partition coefficient (Wildman–Crippen LogP) is 4.37. The first-order valence-electron chi connectivity index (χ1n) is 9.38. The zero-order valence-electron chi connectivity index (χ0n) is 15.3. The lowest BCUT2D eigenvalue weighted by molar-refractivity contribution is 0.287. The van der Waals surface area contributed by atoms with Crippen LogP contribution in [0.15, 0.2) is 18.2 Å². The second-order valence-electron chi connectivity index (χ2n) is 6.79. The highest BCUT2D eigenvalue weighted by atomic mass is 35.5. The SMILES string of the molecule is CCOc1cc2c(cc1OCC)CN(c1cc(Cl)nc(C3CC3)n1)CC2. The van der Waals surface area contributed by atoms with Gasteiger partial charge in [-0.15, -0.1) is 0 Å². The molecule has 0 spiro atoms. The number of hydrogen-bond acceptors (Lipinski definition) is 5. The largest absolute Gasteiger partial charge is 0.490 e. The van der Waals surface area contributed by atoms with Crippen molar-refractivity contribution in [2.75, 3.05) is 24.7 Å². The average Bonchev–Trinajstić information content (AvgIpc) is 3.47. The molecule has 1 aliphatic carbocycles. The highest BCUT2D eigenvalue weighted by Crippen LogP contribution is 2.40. The number of nitrogens with zero attached hydrogens (tertiary/aromatic N) is 3. The minimum Gasteiger partial charge on any atom is -0.490 e. The fourth-order valence-corrected chi connectivity index (χ4v) is 3.59. The van der Waals surface area contributed by atoms with Gasteiger partial charge in [-0.05, 0) is 56.4 Å². The normalized spacial score (nSPS) is 16.3. The van der Waals surface area contributed by atoms with Gasteiger partial charge in [0.2, 0.25) is 0 Å². The van der Waals surface area contributed by atoms with Crippen molar-refractivity contribution < 1.29 is 9.47 Å². The first-order chi connectivity index (χ1) is 12.7. The number of ether oxygens (including phenoxy) is 2. The molecule has 5 nitrogen and oxygen atoms in total. The Bertz CT molecular complexity index is 808. The van der Waals surface area contributed by atoms with Crippen molar-refractivity contribution in [3.8, 4) is 11.5 Å². The number of hydrogen-bond donors (Lipinski definition) is 0. The van der Waals surface area contributed by atoms with Gasteiger partial charge < -0.3 is 14.4 Å². The molecular weight excluding hydrogens is 350 g/mol. The number of aromatic nitrogens is 2. The van der Waals surface area contributed by atoms with E-state index >= 15 is 0 Å². The number of halogens is 1. The maximum atomic E-state index is 6.25. The van der Waals surface area contributed by atoms with Crippen molar-refractivity contribution >= 4 is 17.4 Å². The van der Waals surface area contributed by atoms with E-state index in [4.69, 9.17) is 26.1 Å². The molecule has 6 heteroatoms. The van der Waals surface area contributed by atoms with Crippen LogP contribution in [0.5, 0.6) is 11.5 Å². The summed E-state index contributed by atoms with van der Waals surface area (Å²) < 4.78 is 11.5. The van der Waals surface area contributed by atoms with E-state index in [-0.39, 0.29) is 0 Å². The smallest absolute Gasteiger partial charge is 0.161 e. The molecule has 0 unspecified atom stereocenters. The van der Waals surface area contributed by atoms with E-state index in [9.17, 15) is 0 Å². The first kappa shape index (κ1) is 17.4. The van der Waals surface area contributed by atoms with Crippen molar-refractivity contribution in [3.63, 3.8) is 0 Å². The maximum absolute atomic E-state index is 6.25. The molecule has 0 N–H and O–H groups in total. The van der Waals surface area contributed by atoms with E-state index in [1.807, 2.05) is 19.9 Å². The molecule has 0 saturated heterocycles. The van der Waals surface area contributed by atoms with Gasteiger partial charge >= 0.3 is 0 Å². The van der Waals surface area contributed by atoms with Crippen LogP contribution in [0.1, 0.15) is 49.6 Å². The van der Waals surface area contributed by atoms with Crippen LogP contribution in [0.25, 0.3) is 0 Å². The molecule has 2 heterocycles. The van der Waals surface area contributed by atoms with Crippen LogP contribution in [0.3, 0.4) is 0 Å². The van der Waals surface area contributed by atoms with E-state index in [1.54, 1.807) is 0 Å². The summed E-state index contributed by atoms with van der Waals surface area (Å²) in [6, 6.07) is 6.11. The minimum absolute atomic E-state index is 0.489. The number of rotatable bonds is 6. The second-order valence-corrected chi connectivity index (χ2v) is 7.17. The molecule has 2 aliphatic rings. The molecule has 1 aliphatic heterocycles. The average molecular weight is 374 g/mol. The lowest BCUT2D eigenvalue weighted by Crippen LogP contribution is -2.31. The van der Waals surface area contributed by atoms with Crippen LogP contribution in [0, 0.1) is 0 Å². The Morgan fingerprint density at radius 2 is 1.73 bits per heavy atom. The van der Waals surface area contributed by atoms with E-state index in [2.05, 4.69) is 22.0 Å². The van der Waals surface area contributed by atoms with E-state index in [0.717, 1.165) is 42.7 Å². The number of benzene rings is 1. The Morgan fingerprint density at radius 1 is 1.04 bits per heavy atom. The minimum atomic E-state index is 0.489. The molecular formula is C20H24ClN3O2. The quantitative estimate of drug-likeness (QED) is 0.704. The zero-order chi connectivity index (χ0) is 18.1. The van der Waals surface area contributed by atoms with Gasteiger partial charge in [-0.2, -0.15) is 0 Å². The van der Waals surface area contributed by atoms with Crippen molar-refractivity contribution in [2.24, 2.45) is 0 Å². The number of fused-ring (bicyclic) bond motifs is 1. The molecule has 138 valence electrons. The van der Waals surface area contributed by atoms with Crippen LogP contribution >= 0.6 is 11.6 Å². The van der Waals surface area contributed by atoms with Gasteiger partial charge in [-0.3, -0.25) is 0 Å². The van der Waals surface area contributed by atoms with Crippen LogP contribution in [0.2, 0.25) is 5.15 Å². The second kappa shape index (κ2) is 7.31. The Labute approximate surface area is 159 Å². The van der Waals surface area contributed by atoms with Gasteiger partial charge in [0.25, 0.3) is 0 Å². The molecule has 26 heavy (non-hydrogen) atoms. The Kier molecular flexibility index (Phi) is 4.90. The van der Waals surface area contributed by atoms with Crippen molar-refractivity contribution in [3.05, 3.63) is 40.3 Å². The lowest BCUT2D eigenvalue weighted by Gasteiger charge is -2.31. The van der Waals surface area contributed by atoms with Gasteiger partial charge in [-0.1, -0.05) is 11.6 Å². The lowest BCUT2D eigenvalue weighted by atomic mass is 9.99. The summed E-state index contributed by atoms with van der Waals surface area (Å²) in [6.45, 7) is 6.93. The third-order valence-corrected chi connectivity index (χ3v) is 5.04. The summed E-state index contributed by atoms with van der Waals surface area (Å²) in [5, 5.41) is 0.532. The first-order valence-corrected chi connectivity index (χ1v) is 9.76. The molecule has 4 rings (SSSR count). The fourth-order valence-electron chi connectivity index (χ4n) is 3.41. The Hall–Kier alpha value is -2.01. The monoisotopic (exact) mass is 373 g/mol. The molecule has 0 amide bonds. The molecule has 0 radical (unpaired) electrons. The third-order valence-electron chi connectivity index (χ3n) is 4.84. The van der Waals surface area contributed by atoms with E-state index in [0.29, 0.717) is 24.3 Å². The molecule has 0 atom stereocenters. The van der Waals surface area contributed by atoms with Gasteiger partial charge in [-0.25, -0.2) is 9.97 Å². The predicted molar refractivity (Wildman–Crippen MR) is 103 cm³/mol. The van der Waals surface area contributed by atoms with Crippen LogP contribution in [0.4, 0.5) is 5.82 Å². The molecule has 0 bridgehead atoms. The summed E-state index contributed by atoms with van der Waals surface area (Å²) >= 11 is 6.25. The van der Waals surface area contributed by atoms with Crippen LogP contribution in [-0.2, 0) is 13.0 Å². The topological polar surface area (TPSA) is 47.5 Å². The molecule has 2 aromatic rings. The zero-order valence-corrected chi connectivity index (χ0v) is 16.1. The van der Waals surface area contributed by atoms with E-state index in [1.165, 1.54) is 24.0 Å². The van der Waals surface area contributed by atoms with Crippen LogP contribution in [-0.4, -0.2) is 29.7 Å². The van der Waals surface area contributed by atoms with Gasteiger partial charge in [0.15, 0.2) is 11.5 Å². The van der Waals surface area contributed by atoms with Crippen molar-refractivity contribution in [1.82, 2.24) is 9.97 Å². The van der Waals surface area contributed by atoms with Gasteiger partial charge in [0, 0.05) is 25.1 Å². The molecule has 1 fully saturated rings.